The number of amides is 1. The summed E-state index contributed by atoms with van der Waals surface area (Å²) in [7, 11) is 1.64. The first-order chi connectivity index (χ1) is 12.5. The maximum atomic E-state index is 12.4. The summed E-state index contributed by atoms with van der Waals surface area (Å²) in [5.41, 5.74) is 1.82. The molecule has 3 rings (SSSR count). The maximum Gasteiger partial charge on any atom is 0.268 e. The number of rotatable bonds is 5. The molecular weight excluding hydrogens is 330 g/mol. The zero-order valence-electron chi connectivity index (χ0n) is 15.3. The van der Waals surface area contributed by atoms with E-state index in [4.69, 9.17) is 0 Å². The number of anilines is 1. The Morgan fingerprint density at radius 2 is 1.88 bits per heavy atom. The molecule has 1 aliphatic rings. The van der Waals surface area contributed by atoms with Crippen LogP contribution in [0, 0.1) is 0 Å². The molecule has 0 radical (unpaired) electrons. The summed E-state index contributed by atoms with van der Waals surface area (Å²) < 4.78 is 1.32. The maximum absolute atomic E-state index is 12.4. The Bertz CT molecular complexity index is 797. The summed E-state index contributed by atoms with van der Waals surface area (Å²) >= 11 is 0. The van der Waals surface area contributed by atoms with Gasteiger partial charge in [-0.15, -0.1) is 0 Å². The highest BCUT2D eigenvalue weighted by Crippen LogP contribution is 2.14. The predicted octanol–water partition coefficient (Wildman–Crippen LogP) is 0.607. The van der Waals surface area contributed by atoms with Crippen LogP contribution in [-0.4, -0.2) is 52.8 Å². The topological polar surface area (TPSA) is 70.5 Å². The van der Waals surface area contributed by atoms with Crippen LogP contribution < -0.4 is 15.8 Å². The summed E-state index contributed by atoms with van der Waals surface area (Å²) in [6, 6.07) is 11.3. The summed E-state index contributed by atoms with van der Waals surface area (Å²) in [5, 5.41) is 7.08. The molecule has 2 aromatic rings. The van der Waals surface area contributed by atoms with Crippen molar-refractivity contribution in [1.82, 2.24) is 20.0 Å². The monoisotopic (exact) mass is 355 g/mol. The third-order valence-electron chi connectivity index (χ3n) is 4.87. The molecule has 2 heterocycles. The zero-order chi connectivity index (χ0) is 18.5. The molecule has 1 aromatic heterocycles. The second kappa shape index (κ2) is 8.14. The van der Waals surface area contributed by atoms with Crippen molar-refractivity contribution >= 4 is 11.6 Å². The van der Waals surface area contributed by atoms with Gasteiger partial charge in [-0.05, 0) is 12.5 Å². The van der Waals surface area contributed by atoms with Gasteiger partial charge in [0.05, 0.1) is 17.9 Å². The van der Waals surface area contributed by atoms with Gasteiger partial charge in [0.15, 0.2) is 0 Å². The number of carbonyl (C=O) groups is 1. The molecule has 0 bridgehead atoms. The van der Waals surface area contributed by atoms with Crippen LogP contribution in [-0.2, 0) is 18.4 Å². The van der Waals surface area contributed by atoms with Gasteiger partial charge in [-0.3, -0.25) is 14.5 Å². The molecule has 7 heteroatoms. The van der Waals surface area contributed by atoms with E-state index < -0.39 is 0 Å². The Morgan fingerprint density at radius 3 is 2.54 bits per heavy atom. The van der Waals surface area contributed by atoms with Crippen molar-refractivity contribution in [2.75, 3.05) is 31.1 Å². The summed E-state index contributed by atoms with van der Waals surface area (Å²) in [4.78, 5) is 28.5. The summed E-state index contributed by atoms with van der Waals surface area (Å²) in [5.74, 6) is 0.0394. The summed E-state index contributed by atoms with van der Waals surface area (Å²) in [6.45, 7) is 5.57. The molecule has 1 aromatic carbocycles. The Kier molecular flexibility index (Phi) is 5.68. The molecule has 7 nitrogen and oxygen atoms in total. The van der Waals surface area contributed by atoms with Crippen molar-refractivity contribution in [3.8, 4) is 0 Å². The number of hydrogen-bond acceptors (Lipinski definition) is 5. The van der Waals surface area contributed by atoms with Crippen molar-refractivity contribution in [2.24, 2.45) is 7.05 Å². The second-order valence-corrected chi connectivity index (χ2v) is 6.58. The second-order valence-electron chi connectivity index (χ2n) is 6.58. The van der Waals surface area contributed by atoms with Crippen LogP contribution in [0.1, 0.15) is 12.5 Å². The van der Waals surface area contributed by atoms with Crippen molar-refractivity contribution in [2.45, 2.75) is 19.5 Å². The molecule has 1 fully saturated rings. The number of aromatic nitrogens is 2. The van der Waals surface area contributed by atoms with Crippen LogP contribution in [0.4, 0.5) is 5.69 Å². The Morgan fingerprint density at radius 1 is 1.19 bits per heavy atom. The Labute approximate surface area is 153 Å². The summed E-state index contributed by atoms with van der Waals surface area (Å²) in [6.07, 6.45) is 1.72. The van der Waals surface area contributed by atoms with Crippen molar-refractivity contribution in [3.05, 3.63) is 58.5 Å². The van der Waals surface area contributed by atoms with E-state index in [1.807, 2.05) is 37.3 Å². The lowest BCUT2D eigenvalue weighted by molar-refractivity contribution is -0.126. The first-order valence-corrected chi connectivity index (χ1v) is 8.88. The van der Waals surface area contributed by atoms with E-state index in [9.17, 15) is 9.59 Å². The minimum atomic E-state index is -0.178. The van der Waals surface area contributed by atoms with E-state index in [0.29, 0.717) is 6.54 Å². The van der Waals surface area contributed by atoms with Gasteiger partial charge in [0.25, 0.3) is 5.56 Å². The molecule has 0 spiro atoms. The largest absolute Gasteiger partial charge is 0.368 e. The highest BCUT2D eigenvalue weighted by molar-refractivity contribution is 5.81. The van der Waals surface area contributed by atoms with E-state index in [0.717, 1.165) is 37.4 Å². The lowest BCUT2D eigenvalue weighted by Gasteiger charge is -2.38. The highest BCUT2D eigenvalue weighted by atomic mass is 16.2. The molecule has 1 amide bonds. The molecule has 0 aliphatic carbocycles. The van der Waals surface area contributed by atoms with Crippen molar-refractivity contribution < 1.29 is 4.79 Å². The molecule has 0 unspecified atom stereocenters. The highest BCUT2D eigenvalue weighted by Gasteiger charge is 2.25. The average molecular weight is 355 g/mol. The molecule has 138 valence electrons. The molecular formula is C19H25N5O2. The fourth-order valence-corrected chi connectivity index (χ4v) is 3.10. The van der Waals surface area contributed by atoms with Gasteiger partial charge in [0.2, 0.25) is 5.91 Å². The molecule has 26 heavy (non-hydrogen) atoms. The molecule has 1 aliphatic heterocycles. The Hall–Kier alpha value is -2.67. The van der Waals surface area contributed by atoms with Crippen LogP contribution in [0.5, 0.6) is 0 Å². The van der Waals surface area contributed by atoms with Gasteiger partial charge in [0.1, 0.15) is 0 Å². The molecule has 0 saturated carbocycles. The first kappa shape index (κ1) is 18.1. The predicted molar refractivity (Wildman–Crippen MR) is 101 cm³/mol. The number of nitrogens with zero attached hydrogens (tertiary/aromatic N) is 4. The third kappa shape index (κ3) is 4.29. The van der Waals surface area contributed by atoms with E-state index in [-0.39, 0.29) is 17.5 Å². The van der Waals surface area contributed by atoms with E-state index >= 15 is 0 Å². The number of aryl methyl sites for hydroxylation is 1. The van der Waals surface area contributed by atoms with Gasteiger partial charge in [-0.25, -0.2) is 4.68 Å². The quantitative estimate of drug-likeness (QED) is 0.851. The third-order valence-corrected chi connectivity index (χ3v) is 4.87. The lowest BCUT2D eigenvalue weighted by Crippen LogP contribution is -2.54. The first-order valence-electron chi connectivity index (χ1n) is 8.88. The van der Waals surface area contributed by atoms with Crippen LogP contribution in [0.15, 0.2) is 47.4 Å². The van der Waals surface area contributed by atoms with E-state index in [1.165, 1.54) is 4.68 Å². The molecule has 1 saturated heterocycles. The minimum absolute atomic E-state index is 0.0394. The number of hydrogen-bond donors (Lipinski definition) is 1. The fraction of sp³-hybridized carbons (Fsp3) is 0.421. The Balaban J connectivity index is 1.51. The van der Waals surface area contributed by atoms with Gasteiger partial charge < -0.3 is 10.2 Å². The molecule has 1 N–H and O–H groups in total. The number of carbonyl (C=O) groups excluding carboxylic acids is 1. The molecule has 1 atom stereocenters. The number of piperazine rings is 1. The SMILES string of the molecule is C[C@H](C(=O)NCc1ccccc1)N1CCN(c2cnn(C)c(=O)c2)CC1. The van der Waals surface area contributed by atoms with E-state index in [2.05, 4.69) is 20.2 Å². The van der Waals surface area contributed by atoms with Crippen LogP contribution in [0.3, 0.4) is 0 Å². The van der Waals surface area contributed by atoms with E-state index in [1.54, 1.807) is 19.3 Å². The average Bonchev–Trinajstić information content (AvgIpc) is 2.68. The smallest absolute Gasteiger partial charge is 0.268 e. The van der Waals surface area contributed by atoms with Crippen molar-refractivity contribution in [1.29, 1.82) is 0 Å². The normalized spacial score (nSPS) is 16.3. The van der Waals surface area contributed by atoms with Crippen LogP contribution in [0.2, 0.25) is 0 Å². The zero-order valence-corrected chi connectivity index (χ0v) is 15.3. The lowest BCUT2D eigenvalue weighted by atomic mass is 10.2. The van der Waals surface area contributed by atoms with Gasteiger partial charge in [0, 0.05) is 45.8 Å². The number of nitrogens with one attached hydrogen (secondary N) is 1. The standard InChI is InChI=1S/C19H25N5O2/c1-15(19(26)20-13-16-6-4-3-5-7-16)23-8-10-24(11-9-23)17-12-18(25)22(2)21-14-17/h3-7,12,14-15H,8-11,13H2,1-2H3,(H,20,26)/t15-/m1/s1. The van der Waals surface area contributed by atoms with Gasteiger partial charge >= 0.3 is 0 Å². The number of benzene rings is 1. The van der Waals surface area contributed by atoms with Crippen LogP contribution >= 0.6 is 0 Å². The van der Waals surface area contributed by atoms with Gasteiger partial charge in [-0.2, -0.15) is 5.10 Å². The van der Waals surface area contributed by atoms with Gasteiger partial charge in [-0.1, -0.05) is 30.3 Å². The van der Waals surface area contributed by atoms with Crippen molar-refractivity contribution in [3.63, 3.8) is 0 Å². The minimum Gasteiger partial charge on any atom is -0.368 e. The van der Waals surface area contributed by atoms with Crippen LogP contribution in [0.25, 0.3) is 0 Å². The fourth-order valence-electron chi connectivity index (χ4n) is 3.10.